The maximum absolute atomic E-state index is 12.0. The van der Waals surface area contributed by atoms with E-state index < -0.39 is 23.0 Å². The fraction of sp³-hybridized carbons (Fsp3) is 0.333. The second-order valence-electron chi connectivity index (χ2n) is 3.99. The van der Waals surface area contributed by atoms with Gasteiger partial charge in [0.05, 0.1) is 18.6 Å². The molecule has 0 saturated carbocycles. The zero-order valence-electron chi connectivity index (χ0n) is 10.5. The lowest BCUT2D eigenvalue weighted by Crippen LogP contribution is -2.23. The van der Waals surface area contributed by atoms with Crippen molar-refractivity contribution in [3.63, 3.8) is 0 Å². The van der Waals surface area contributed by atoms with Crippen LogP contribution in [0.3, 0.4) is 0 Å². The number of carbonyl (C=O) groups is 2. The highest BCUT2D eigenvalue weighted by Gasteiger charge is 2.31. The molecular weight excluding hydrogens is 270 g/mol. The fourth-order valence-electron chi connectivity index (χ4n) is 1.75. The van der Waals surface area contributed by atoms with Crippen LogP contribution in [0.5, 0.6) is 5.75 Å². The predicted molar refractivity (Wildman–Crippen MR) is 64.4 cm³/mol. The average molecular weight is 281 g/mol. The van der Waals surface area contributed by atoms with E-state index in [0.29, 0.717) is 0 Å². The minimum atomic E-state index is -0.980. The predicted octanol–water partition coefficient (Wildman–Crippen LogP) is 1.08. The summed E-state index contributed by atoms with van der Waals surface area (Å²) in [5, 5.41) is 10.7. The Kier molecular flexibility index (Phi) is 3.83. The SMILES string of the molecule is COc1ccc([N+](=O)[O-])cc1C(=O)O[C@@H]1CCOC1=O. The number of nitro groups is 1. The molecule has 1 aromatic rings. The molecule has 1 heterocycles. The molecule has 0 amide bonds. The van der Waals surface area contributed by atoms with E-state index in [4.69, 9.17) is 9.47 Å². The number of ether oxygens (including phenoxy) is 3. The smallest absolute Gasteiger partial charge is 0.347 e. The molecule has 0 unspecified atom stereocenters. The summed E-state index contributed by atoms with van der Waals surface area (Å²) in [6.45, 7) is 0.183. The highest BCUT2D eigenvalue weighted by atomic mass is 16.6. The molecule has 0 aliphatic carbocycles. The van der Waals surface area contributed by atoms with Crippen LogP contribution in [0.1, 0.15) is 16.8 Å². The number of hydrogen-bond donors (Lipinski definition) is 0. The number of cyclic esters (lactones) is 1. The first-order valence-corrected chi connectivity index (χ1v) is 5.73. The van der Waals surface area contributed by atoms with Crippen LogP contribution in [0.15, 0.2) is 18.2 Å². The first-order chi connectivity index (χ1) is 9.52. The molecule has 8 nitrogen and oxygen atoms in total. The van der Waals surface area contributed by atoms with Gasteiger partial charge < -0.3 is 14.2 Å². The van der Waals surface area contributed by atoms with E-state index in [0.717, 1.165) is 6.07 Å². The van der Waals surface area contributed by atoms with Crippen molar-refractivity contribution in [3.05, 3.63) is 33.9 Å². The summed E-state index contributed by atoms with van der Waals surface area (Å²) < 4.78 is 14.6. The lowest BCUT2D eigenvalue weighted by atomic mass is 10.1. The highest BCUT2D eigenvalue weighted by molar-refractivity contribution is 5.95. The molecule has 106 valence electrons. The first-order valence-electron chi connectivity index (χ1n) is 5.73. The third-order valence-electron chi connectivity index (χ3n) is 2.75. The summed E-state index contributed by atoms with van der Waals surface area (Å²) in [5.41, 5.74) is -0.381. The van der Waals surface area contributed by atoms with Crippen LogP contribution in [0.25, 0.3) is 0 Å². The number of benzene rings is 1. The maximum atomic E-state index is 12.0. The largest absolute Gasteiger partial charge is 0.496 e. The summed E-state index contributed by atoms with van der Waals surface area (Å²) in [6, 6.07) is 3.54. The summed E-state index contributed by atoms with van der Waals surface area (Å²) in [4.78, 5) is 33.3. The van der Waals surface area contributed by atoms with Crippen molar-refractivity contribution in [2.45, 2.75) is 12.5 Å². The molecule has 8 heteroatoms. The van der Waals surface area contributed by atoms with Crippen LogP contribution in [0.2, 0.25) is 0 Å². The van der Waals surface area contributed by atoms with Gasteiger partial charge in [0.2, 0.25) is 6.10 Å². The van der Waals surface area contributed by atoms with Crippen molar-refractivity contribution in [1.82, 2.24) is 0 Å². The van der Waals surface area contributed by atoms with E-state index >= 15 is 0 Å². The van der Waals surface area contributed by atoms with Crippen LogP contribution in [-0.4, -0.2) is 36.7 Å². The van der Waals surface area contributed by atoms with Crippen molar-refractivity contribution >= 4 is 17.6 Å². The van der Waals surface area contributed by atoms with E-state index in [1.54, 1.807) is 0 Å². The van der Waals surface area contributed by atoms with E-state index in [1.807, 2.05) is 0 Å². The van der Waals surface area contributed by atoms with Gasteiger partial charge in [-0.15, -0.1) is 0 Å². The van der Waals surface area contributed by atoms with E-state index in [9.17, 15) is 19.7 Å². The van der Waals surface area contributed by atoms with Gasteiger partial charge in [0.25, 0.3) is 5.69 Å². The number of rotatable bonds is 4. The molecule has 1 aliphatic heterocycles. The lowest BCUT2D eigenvalue weighted by molar-refractivity contribution is -0.384. The molecule has 0 spiro atoms. The number of non-ortho nitro benzene ring substituents is 1. The van der Waals surface area contributed by atoms with Crippen LogP contribution < -0.4 is 4.74 Å². The Morgan fingerprint density at radius 3 is 2.80 bits per heavy atom. The Balaban J connectivity index is 2.25. The molecule has 1 saturated heterocycles. The summed E-state index contributed by atoms with van der Waals surface area (Å²) in [7, 11) is 1.32. The van der Waals surface area contributed by atoms with Gasteiger partial charge in [-0.05, 0) is 6.07 Å². The minimum Gasteiger partial charge on any atom is -0.496 e. The van der Waals surface area contributed by atoms with Gasteiger partial charge in [-0.25, -0.2) is 9.59 Å². The highest BCUT2D eigenvalue weighted by Crippen LogP contribution is 2.25. The molecule has 1 aliphatic rings. The van der Waals surface area contributed by atoms with Gasteiger partial charge in [0.1, 0.15) is 11.3 Å². The van der Waals surface area contributed by atoms with Crippen LogP contribution in [0.4, 0.5) is 5.69 Å². The summed E-state index contributed by atoms with van der Waals surface area (Å²) in [6.07, 6.45) is -0.714. The van der Waals surface area contributed by atoms with Crippen molar-refractivity contribution in [1.29, 1.82) is 0 Å². The average Bonchev–Trinajstić information content (AvgIpc) is 2.83. The van der Waals surface area contributed by atoms with Gasteiger partial charge >= 0.3 is 11.9 Å². The van der Waals surface area contributed by atoms with Gasteiger partial charge in [0.15, 0.2) is 0 Å². The van der Waals surface area contributed by atoms with E-state index in [1.165, 1.54) is 19.2 Å². The van der Waals surface area contributed by atoms with Gasteiger partial charge in [-0.1, -0.05) is 0 Å². The van der Waals surface area contributed by atoms with Gasteiger partial charge in [-0.3, -0.25) is 10.1 Å². The van der Waals surface area contributed by atoms with Gasteiger partial charge in [-0.2, -0.15) is 0 Å². The number of hydrogen-bond acceptors (Lipinski definition) is 7. The molecule has 1 aromatic carbocycles. The van der Waals surface area contributed by atoms with Crippen LogP contribution in [0, 0.1) is 10.1 Å². The Labute approximate surface area is 113 Å². The zero-order chi connectivity index (χ0) is 14.7. The first kappa shape index (κ1) is 13.8. The van der Waals surface area contributed by atoms with Crippen molar-refractivity contribution in [2.24, 2.45) is 0 Å². The van der Waals surface area contributed by atoms with Crippen LogP contribution >= 0.6 is 0 Å². The molecule has 20 heavy (non-hydrogen) atoms. The Hall–Kier alpha value is -2.64. The van der Waals surface area contributed by atoms with Crippen molar-refractivity contribution in [3.8, 4) is 5.75 Å². The zero-order valence-corrected chi connectivity index (χ0v) is 10.5. The molecule has 2 rings (SSSR count). The lowest BCUT2D eigenvalue weighted by Gasteiger charge is -2.10. The Bertz CT molecular complexity index is 569. The summed E-state index contributed by atoms with van der Waals surface area (Å²) >= 11 is 0. The van der Waals surface area contributed by atoms with Crippen molar-refractivity contribution in [2.75, 3.05) is 13.7 Å². The number of methoxy groups -OCH3 is 1. The number of esters is 2. The molecule has 1 atom stereocenters. The molecule has 0 bridgehead atoms. The molecular formula is C12H11NO7. The Morgan fingerprint density at radius 2 is 2.25 bits per heavy atom. The van der Waals surface area contributed by atoms with E-state index in [2.05, 4.69) is 4.74 Å². The van der Waals surface area contributed by atoms with Crippen LogP contribution in [-0.2, 0) is 14.3 Å². The maximum Gasteiger partial charge on any atom is 0.347 e. The molecule has 0 aromatic heterocycles. The standard InChI is InChI=1S/C12H11NO7/c1-18-9-3-2-7(13(16)17)6-8(9)11(14)20-10-4-5-19-12(10)15/h2-3,6,10H,4-5H2,1H3/t10-/m1/s1. The normalized spacial score (nSPS) is 17.4. The number of nitrogens with zero attached hydrogens (tertiary/aromatic N) is 1. The fourth-order valence-corrected chi connectivity index (χ4v) is 1.75. The van der Waals surface area contributed by atoms with E-state index in [-0.39, 0.29) is 30.0 Å². The number of nitro benzene ring substituents is 1. The molecule has 1 fully saturated rings. The monoisotopic (exact) mass is 281 g/mol. The molecule has 0 radical (unpaired) electrons. The second-order valence-corrected chi connectivity index (χ2v) is 3.99. The second kappa shape index (κ2) is 5.55. The quantitative estimate of drug-likeness (QED) is 0.461. The summed E-state index contributed by atoms with van der Waals surface area (Å²) in [5.74, 6) is -1.36. The third kappa shape index (κ3) is 2.68. The topological polar surface area (TPSA) is 105 Å². The minimum absolute atomic E-state index is 0.110. The van der Waals surface area contributed by atoms with Gasteiger partial charge in [0, 0.05) is 18.6 Å². The Morgan fingerprint density at radius 1 is 1.50 bits per heavy atom. The third-order valence-corrected chi connectivity index (χ3v) is 2.75. The van der Waals surface area contributed by atoms with Crippen molar-refractivity contribution < 1.29 is 28.7 Å². The number of carbonyl (C=O) groups excluding carboxylic acids is 2. The molecule has 0 N–H and O–H groups in total.